The maximum atomic E-state index is 13.1. The number of fused-ring (bicyclic) bond motifs is 3. The normalized spacial score (nSPS) is 21.8. The summed E-state index contributed by atoms with van der Waals surface area (Å²) in [7, 11) is 0. The summed E-state index contributed by atoms with van der Waals surface area (Å²) in [4.78, 5) is 39.0. The Hall–Kier alpha value is -2.80. The molecule has 6 nitrogen and oxygen atoms in total. The number of benzene rings is 2. The van der Waals surface area contributed by atoms with Crippen molar-refractivity contribution in [3.63, 3.8) is 0 Å². The number of rotatable bonds is 3. The second-order valence-corrected chi connectivity index (χ2v) is 9.26. The monoisotopic (exact) mass is 395 g/mol. The van der Waals surface area contributed by atoms with Crippen molar-refractivity contribution in [3.8, 4) is 0 Å². The molecule has 2 heterocycles. The van der Waals surface area contributed by atoms with Crippen LogP contribution < -0.4 is 10.6 Å². The molecule has 2 aliphatic heterocycles. The predicted octanol–water partition coefficient (Wildman–Crippen LogP) is 3.63. The molecule has 144 valence electrons. The minimum Gasteiger partial charge on any atom is -0.326 e. The van der Waals surface area contributed by atoms with Gasteiger partial charge in [-0.15, -0.1) is 11.8 Å². The lowest BCUT2D eigenvalue weighted by molar-refractivity contribution is -0.121. The van der Waals surface area contributed by atoms with Crippen LogP contribution in [0.1, 0.15) is 42.1 Å². The average Bonchev–Trinajstić information content (AvgIpc) is 3.06. The first-order chi connectivity index (χ1) is 13.3. The minimum absolute atomic E-state index is 0.0974. The molecule has 0 unspecified atom stereocenters. The molecule has 4 rings (SSSR count). The number of amides is 3. The molecule has 2 aliphatic rings. The van der Waals surface area contributed by atoms with Gasteiger partial charge < -0.3 is 15.5 Å². The summed E-state index contributed by atoms with van der Waals surface area (Å²) in [6.07, 6.45) is 0. The van der Waals surface area contributed by atoms with Crippen LogP contribution in [-0.4, -0.2) is 33.4 Å². The van der Waals surface area contributed by atoms with Crippen molar-refractivity contribution in [2.45, 2.75) is 36.9 Å². The zero-order chi connectivity index (χ0) is 20.1. The summed E-state index contributed by atoms with van der Waals surface area (Å²) in [5, 5.41) is 5.47. The van der Waals surface area contributed by atoms with E-state index in [0.717, 1.165) is 5.56 Å². The molecule has 0 spiro atoms. The Morgan fingerprint density at radius 3 is 2.25 bits per heavy atom. The van der Waals surface area contributed by atoms with E-state index in [1.54, 1.807) is 40.9 Å². The van der Waals surface area contributed by atoms with Crippen LogP contribution in [0.4, 0.5) is 11.4 Å². The fourth-order valence-corrected chi connectivity index (χ4v) is 5.44. The third kappa shape index (κ3) is 3.05. The largest absolute Gasteiger partial charge is 0.326 e. The van der Waals surface area contributed by atoms with Gasteiger partial charge in [0.05, 0.1) is 0 Å². The van der Waals surface area contributed by atoms with Gasteiger partial charge in [0.15, 0.2) is 0 Å². The van der Waals surface area contributed by atoms with Crippen LogP contribution >= 0.6 is 11.8 Å². The van der Waals surface area contributed by atoms with E-state index in [1.807, 2.05) is 38.1 Å². The van der Waals surface area contributed by atoms with Crippen molar-refractivity contribution < 1.29 is 14.4 Å². The number of nitrogens with zero attached hydrogens (tertiary/aromatic N) is 1. The molecule has 2 atom stereocenters. The summed E-state index contributed by atoms with van der Waals surface area (Å²) in [5.41, 5.74) is 2.92. The van der Waals surface area contributed by atoms with Crippen molar-refractivity contribution in [2.24, 2.45) is 0 Å². The van der Waals surface area contributed by atoms with Gasteiger partial charge in [0.1, 0.15) is 11.4 Å². The highest BCUT2D eigenvalue weighted by atomic mass is 32.2. The molecule has 2 N–H and O–H groups in total. The molecule has 28 heavy (non-hydrogen) atoms. The van der Waals surface area contributed by atoms with Crippen molar-refractivity contribution in [2.75, 3.05) is 10.6 Å². The average molecular weight is 395 g/mol. The lowest BCUT2D eigenvalue weighted by atomic mass is 10.0. The summed E-state index contributed by atoms with van der Waals surface area (Å²) in [6, 6.07) is 13.9. The zero-order valence-corrected chi connectivity index (χ0v) is 16.7. The van der Waals surface area contributed by atoms with Gasteiger partial charge in [-0.3, -0.25) is 14.4 Å². The van der Waals surface area contributed by atoms with Crippen LogP contribution in [0, 0.1) is 0 Å². The number of hydrogen-bond donors (Lipinski definition) is 2. The van der Waals surface area contributed by atoms with E-state index in [4.69, 9.17) is 0 Å². The van der Waals surface area contributed by atoms with Crippen LogP contribution in [0.3, 0.4) is 0 Å². The molecular formula is C21H21N3O3S. The molecule has 0 bridgehead atoms. The van der Waals surface area contributed by atoms with Gasteiger partial charge in [0.25, 0.3) is 5.91 Å². The first-order valence-electron chi connectivity index (χ1n) is 9.06. The van der Waals surface area contributed by atoms with E-state index < -0.39 is 10.8 Å². The van der Waals surface area contributed by atoms with Gasteiger partial charge >= 0.3 is 0 Å². The van der Waals surface area contributed by atoms with E-state index in [1.165, 1.54) is 6.92 Å². The smallest absolute Gasteiger partial charge is 0.256 e. The molecule has 1 saturated heterocycles. The second-order valence-electron chi connectivity index (χ2n) is 7.52. The lowest BCUT2D eigenvalue weighted by Crippen LogP contribution is -2.50. The zero-order valence-electron chi connectivity index (χ0n) is 15.9. The predicted molar refractivity (Wildman–Crippen MR) is 110 cm³/mol. The number of thioether (sulfide) groups is 1. The SMILES string of the molecule is CC(=O)Nc1ccc(NC(=O)[C@@H]2N3C(=O)c4ccccc4[C@@H]3SC2(C)C)cc1. The Bertz CT molecular complexity index is 971. The number of anilines is 2. The Labute approximate surface area is 167 Å². The Morgan fingerprint density at radius 1 is 1.00 bits per heavy atom. The fourth-order valence-electron chi connectivity index (χ4n) is 3.86. The van der Waals surface area contributed by atoms with Gasteiger partial charge in [-0.2, -0.15) is 0 Å². The molecule has 0 saturated carbocycles. The fraction of sp³-hybridized carbons (Fsp3) is 0.286. The minimum atomic E-state index is -0.586. The molecule has 0 radical (unpaired) electrons. The number of carbonyl (C=O) groups excluding carboxylic acids is 3. The van der Waals surface area contributed by atoms with Gasteiger partial charge in [-0.1, -0.05) is 18.2 Å². The first-order valence-corrected chi connectivity index (χ1v) is 9.94. The number of carbonyl (C=O) groups is 3. The van der Waals surface area contributed by atoms with Crippen LogP contribution in [0.5, 0.6) is 0 Å². The van der Waals surface area contributed by atoms with Crippen molar-refractivity contribution in [1.29, 1.82) is 0 Å². The quantitative estimate of drug-likeness (QED) is 0.832. The molecule has 7 heteroatoms. The summed E-state index contributed by atoms with van der Waals surface area (Å²) in [5.74, 6) is -0.465. The van der Waals surface area contributed by atoms with Crippen molar-refractivity contribution in [1.82, 2.24) is 4.90 Å². The molecule has 1 fully saturated rings. The van der Waals surface area contributed by atoms with Gasteiger partial charge in [0, 0.05) is 28.6 Å². The van der Waals surface area contributed by atoms with Gasteiger partial charge in [0.2, 0.25) is 11.8 Å². The Kier molecular flexibility index (Phi) is 4.42. The molecule has 2 aromatic carbocycles. The second kappa shape index (κ2) is 6.67. The third-order valence-corrected chi connectivity index (χ3v) is 6.55. The van der Waals surface area contributed by atoms with E-state index >= 15 is 0 Å². The summed E-state index contributed by atoms with van der Waals surface area (Å²) in [6.45, 7) is 5.43. The van der Waals surface area contributed by atoms with E-state index in [-0.39, 0.29) is 23.1 Å². The Balaban J connectivity index is 1.57. The molecule has 3 amide bonds. The van der Waals surface area contributed by atoms with E-state index in [0.29, 0.717) is 16.9 Å². The van der Waals surface area contributed by atoms with E-state index in [9.17, 15) is 14.4 Å². The highest BCUT2D eigenvalue weighted by Crippen LogP contribution is 2.56. The van der Waals surface area contributed by atoms with Gasteiger partial charge in [-0.05, 0) is 49.7 Å². The maximum absolute atomic E-state index is 13.1. The van der Waals surface area contributed by atoms with Crippen LogP contribution in [0.15, 0.2) is 48.5 Å². The third-order valence-electron chi connectivity index (χ3n) is 5.02. The van der Waals surface area contributed by atoms with Gasteiger partial charge in [-0.25, -0.2) is 0 Å². The number of hydrogen-bond acceptors (Lipinski definition) is 4. The van der Waals surface area contributed by atoms with Crippen LogP contribution in [0.2, 0.25) is 0 Å². The summed E-state index contributed by atoms with van der Waals surface area (Å²) < 4.78 is -0.423. The Morgan fingerprint density at radius 2 is 1.61 bits per heavy atom. The molecule has 2 aromatic rings. The topological polar surface area (TPSA) is 78.5 Å². The van der Waals surface area contributed by atoms with Crippen LogP contribution in [-0.2, 0) is 9.59 Å². The molecule has 0 aliphatic carbocycles. The molecule has 0 aromatic heterocycles. The summed E-state index contributed by atoms with van der Waals surface area (Å²) >= 11 is 1.64. The maximum Gasteiger partial charge on any atom is 0.256 e. The highest BCUT2D eigenvalue weighted by molar-refractivity contribution is 8.01. The van der Waals surface area contributed by atoms with Crippen LogP contribution in [0.25, 0.3) is 0 Å². The number of nitrogens with one attached hydrogen (secondary N) is 2. The lowest BCUT2D eigenvalue weighted by Gasteiger charge is -2.29. The molecular weight excluding hydrogens is 374 g/mol. The highest BCUT2D eigenvalue weighted by Gasteiger charge is 2.57. The van der Waals surface area contributed by atoms with E-state index in [2.05, 4.69) is 10.6 Å². The van der Waals surface area contributed by atoms with Crippen molar-refractivity contribution >= 4 is 40.9 Å². The first kappa shape index (κ1) is 18.6. The van der Waals surface area contributed by atoms with Crippen molar-refractivity contribution in [3.05, 3.63) is 59.7 Å². The standard InChI is InChI=1S/C21H21N3O3S/c1-12(25)22-13-8-10-14(11-9-13)23-18(26)17-21(2,3)28-20-16-7-5-4-6-15(16)19(27)24(17)20/h4-11,17,20H,1-3H3,(H,22,25)(H,23,26)/t17-,20-/m0/s1.